The Bertz CT molecular complexity index is 815. The highest BCUT2D eigenvalue weighted by Crippen LogP contribution is 2.13. The van der Waals surface area contributed by atoms with Crippen LogP contribution < -0.4 is 4.74 Å². The van der Waals surface area contributed by atoms with Crippen LogP contribution in [0.4, 0.5) is 4.39 Å². The number of hydrogen-bond donors (Lipinski definition) is 0. The van der Waals surface area contributed by atoms with Gasteiger partial charge < -0.3 is 14.5 Å². The molecule has 0 aliphatic carbocycles. The minimum atomic E-state index is -0.424. The van der Waals surface area contributed by atoms with Crippen molar-refractivity contribution < 1.29 is 18.7 Å². The first-order valence-corrected chi connectivity index (χ1v) is 9.55. The van der Waals surface area contributed by atoms with E-state index in [9.17, 15) is 14.0 Å². The molecule has 5 nitrogen and oxygen atoms in total. The van der Waals surface area contributed by atoms with Gasteiger partial charge in [0.25, 0.3) is 5.91 Å². The zero-order valence-electron chi connectivity index (χ0n) is 16.1. The summed E-state index contributed by atoms with van der Waals surface area (Å²) in [5, 5.41) is 0. The van der Waals surface area contributed by atoms with E-state index in [1.54, 1.807) is 15.9 Å². The summed E-state index contributed by atoms with van der Waals surface area (Å²) in [6.45, 7) is 4.43. The average molecular weight is 384 g/mol. The van der Waals surface area contributed by atoms with Crippen molar-refractivity contribution in [3.05, 3.63) is 65.5 Å². The van der Waals surface area contributed by atoms with Gasteiger partial charge in [-0.3, -0.25) is 9.59 Å². The van der Waals surface area contributed by atoms with E-state index in [0.717, 1.165) is 5.75 Å². The van der Waals surface area contributed by atoms with Crippen molar-refractivity contribution in [3.8, 4) is 5.75 Å². The summed E-state index contributed by atoms with van der Waals surface area (Å²) in [7, 11) is 0. The molecule has 2 aromatic rings. The average Bonchev–Trinajstić information content (AvgIpc) is 2.72. The largest absolute Gasteiger partial charge is 0.494 e. The second-order valence-corrected chi connectivity index (χ2v) is 6.95. The lowest BCUT2D eigenvalue weighted by Crippen LogP contribution is -2.50. The highest BCUT2D eigenvalue weighted by molar-refractivity contribution is 5.94. The molecule has 2 amide bonds. The quantitative estimate of drug-likeness (QED) is 0.718. The molecule has 0 radical (unpaired) electrons. The fraction of sp³-hybridized carbons (Fsp3) is 0.364. The van der Waals surface area contributed by atoms with E-state index >= 15 is 0 Å². The third kappa shape index (κ3) is 5.31. The number of halogens is 1. The number of rotatable bonds is 6. The number of piperazine rings is 1. The molecule has 28 heavy (non-hydrogen) atoms. The summed E-state index contributed by atoms with van der Waals surface area (Å²) in [6, 6.07) is 13.5. The molecule has 1 aliphatic rings. The van der Waals surface area contributed by atoms with E-state index in [-0.39, 0.29) is 11.8 Å². The van der Waals surface area contributed by atoms with Crippen molar-refractivity contribution in [2.45, 2.75) is 19.8 Å². The van der Waals surface area contributed by atoms with Gasteiger partial charge in [-0.2, -0.15) is 0 Å². The minimum absolute atomic E-state index is 0.0744. The minimum Gasteiger partial charge on any atom is -0.494 e. The van der Waals surface area contributed by atoms with Crippen molar-refractivity contribution in [1.29, 1.82) is 0 Å². The van der Waals surface area contributed by atoms with Gasteiger partial charge in [0.1, 0.15) is 11.6 Å². The van der Waals surface area contributed by atoms with E-state index in [1.165, 1.54) is 23.8 Å². The highest BCUT2D eigenvalue weighted by atomic mass is 19.1. The second kappa shape index (κ2) is 9.35. The normalized spacial score (nSPS) is 14.1. The molecule has 1 saturated heterocycles. The van der Waals surface area contributed by atoms with Gasteiger partial charge >= 0.3 is 0 Å². The summed E-state index contributed by atoms with van der Waals surface area (Å²) in [5.74, 6) is 0.263. The zero-order chi connectivity index (χ0) is 19.9. The lowest BCUT2D eigenvalue weighted by atomic mass is 10.1. The second-order valence-electron chi connectivity index (χ2n) is 6.95. The topological polar surface area (TPSA) is 49.9 Å². The molecule has 0 saturated carbocycles. The summed E-state index contributed by atoms with van der Waals surface area (Å²) >= 11 is 0. The van der Waals surface area contributed by atoms with Crippen molar-refractivity contribution in [1.82, 2.24) is 9.80 Å². The van der Waals surface area contributed by atoms with Crippen molar-refractivity contribution >= 4 is 11.8 Å². The van der Waals surface area contributed by atoms with Gasteiger partial charge in [0.15, 0.2) is 0 Å². The summed E-state index contributed by atoms with van der Waals surface area (Å²) in [5.41, 5.74) is 1.52. The molecule has 0 N–H and O–H groups in total. The number of carbonyl (C=O) groups excluding carboxylic acids is 2. The zero-order valence-corrected chi connectivity index (χ0v) is 16.1. The maximum absolute atomic E-state index is 13.3. The van der Waals surface area contributed by atoms with E-state index in [4.69, 9.17) is 4.74 Å². The van der Waals surface area contributed by atoms with Crippen molar-refractivity contribution in [2.24, 2.45) is 0 Å². The van der Waals surface area contributed by atoms with Gasteiger partial charge in [-0.25, -0.2) is 4.39 Å². The molecule has 3 rings (SSSR count). The van der Waals surface area contributed by atoms with Crippen LogP contribution in [0.2, 0.25) is 0 Å². The van der Waals surface area contributed by atoms with E-state index in [2.05, 4.69) is 0 Å². The molecule has 0 atom stereocenters. The maximum atomic E-state index is 13.3. The van der Waals surface area contributed by atoms with Crippen LogP contribution in [-0.4, -0.2) is 54.4 Å². The Morgan fingerprint density at radius 3 is 2.36 bits per heavy atom. The van der Waals surface area contributed by atoms with Crippen LogP contribution in [0.25, 0.3) is 0 Å². The van der Waals surface area contributed by atoms with Gasteiger partial charge in [0, 0.05) is 38.2 Å². The van der Waals surface area contributed by atoms with Gasteiger partial charge in [-0.15, -0.1) is 0 Å². The van der Waals surface area contributed by atoms with Gasteiger partial charge in [-0.05, 0) is 43.7 Å². The molecular weight excluding hydrogens is 359 g/mol. The third-order valence-corrected chi connectivity index (χ3v) is 4.82. The number of ether oxygens (including phenoxy) is 1. The van der Waals surface area contributed by atoms with Gasteiger partial charge in [-0.1, -0.05) is 23.8 Å². The standard InChI is InChI=1S/C22H25FN2O3/c1-17-7-9-20(10-8-17)28-15-3-6-21(26)24-11-13-25(14-12-24)22(27)18-4-2-5-19(23)16-18/h2,4-5,7-10,16H,3,6,11-15H2,1H3. The third-order valence-electron chi connectivity index (χ3n) is 4.82. The number of carbonyl (C=O) groups is 2. The van der Waals surface area contributed by atoms with Crippen molar-refractivity contribution in [2.75, 3.05) is 32.8 Å². The molecule has 6 heteroatoms. The first kappa shape index (κ1) is 19.9. The lowest BCUT2D eigenvalue weighted by Gasteiger charge is -2.35. The van der Waals surface area contributed by atoms with E-state index < -0.39 is 5.82 Å². The molecule has 1 heterocycles. The number of nitrogens with zero attached hydrogens (tertiary/aromatic N) is 2. The van der Waals surface area contributed by atoms with Gasteiger partial charge in [0.05, 0.1) is 6.61 Å². The summed E-state index contributed by atoms with van der Waals surface area (Å²) < 4.78 is 19.0. The Hall–Kier alpha value is -2.89. The smallest absolute Gasteiger partial charge is 0.254 e. The fourth-order valence-electron chi connectivity index (χ4n) is 3.17. The Kier molecular flexibility index (Phi) is 6.63. The Morgan fingerprint density at radius 2 is 1.68 bits per heavy atom. The SMILES string of the molecule is Cc1ccc(OCCCC(=O)N2CCN(C(=O)c3cccc(F)c3)CC2)cc1. The molecule has 0 unspecified atom stereocenters. The van der Waals surface area contributed by atoms with Crippen LogP contribution in [0.5, 0.6) is 5.75 Å². The molecular formula is C22H25FN2O3. The number of benzene rings is 2. The van der Waals surface area contributed by atoms with Crippen LogP contribution in [0.15, 0.2) is 48.5 Å². The Labute approximate surface area is 164 Å². The first-order chi connectivity index (χ1) is 13.5. The molecule has 1 aliphatic heterocycles. The Balaban J connectivity index is 1.38. The highest BCUT2D eigenvalue weighted by Gasteiger charge is 2.24. The molecule has 0 bridgehead atoms. The van der Waals surface area contributed by atoms with E-state index in [0.29, 0.717) is 51.2 Å². The number of aryl methyl sites for hydroxylation is 1. The van der Waals surface area contributed by atoms with E-state index in [1.807, 2.05) is 31.2 Å². The Morgan fingerprint density at radius 1 is 1.00 bits per heavy atom. The monoisotopic (exact) mass is 384 g/mol. The predicted molar refractivity (Wildman–Crippen MR) is 105 cm³/mol. The molecule has 1 fully saturated rings. The molecule has 0 spiro atoms. The molecule has 2 aromatic carbocycles. The van der Waals surface area contributed by atoms with Crippen molar-refractivity contribution in [3.63, 3.8) is 0 Å². The van der Waals surface area contributed by atoms with Crippen LogP contribution in [0.3, 0.4) is 0 Å². The van der Waals surface area contributed by atoms with Crippen LogP contribution >= 0.6 is 0 Å². The molecule has 148 valence electrons. The number of amides is 2. The summed E-state index contributed by atoms with van der Waals surface area (Å²) in [6.07, 6.45) is 1.07. The van der Waals surface area contributed by atoms with Crippen LogP contribution in [0.1, 0.15) is 28.8 Å². The van der Waals surface area contributed by atoms with Gasteiger partial charge in [0.2, 0.25) is 5.91 Å². The lowest BCUT2D eigenvalue weighted by molar-refractivity contribution is -0.132. The van der Waals surface area contributed by atoms with Crippen LogP contribution in [-0.2, 0) is 4.79 Å². The number of hydrogen-bond acceptors (Lipinski definition) is 3. The fourth-order valence-corrected chi connectivity index (χ4v) is 3.17. The maximum Gasteiger partial charge on any atom is 0.254 e. The predicted octanol–water partition coefficient (Wildman–Crippen LogP) is 3.28. The van der Waals surface area contributed by atoms with Crippen LogP contribution in [0, 0.1) is 12.7 Å². The summed E-state index contributed by atoms with van der Waals surface area (Å²) in [4.78, 5) is 28.2. The first-order valence-electron chi connectivity index (χ1n) is 9.55. The molecule has 0 aromatic heterocycles.